The van der Waals surface area contributed by atoms with Crippen molar-refractivity contribution in [3.05, 3.63) is 126 Å². The molecule has 0 saturated carbocycles. The van der Waals surface area contributed by atoms with Crippen LogP contribution in [-0.4, -0.2) is 15.0 Å². The zero-order valence-electron chi connectivity index (χ0n) is 22.6. The summed E-state index contributed by atoms with van der Waals surface area (Å²) in [5, 5.41) is 7.71. The van der Waals surface area contributed by atoms with Gasteiger partial charge in [-0.05, 0) is 41.1 Å². The third-order valence-electron chi connectivity index (χ3n) is 7.99. The highest BCUT2D eigenvalue weighted by Crippen LogP contribution is 2.42. The van der Waals surface area contributed by atoms with Crippen LogP contribution in [0.4, 0.5) is 0 Å². The van der Waals surface area contributed by atoms with Crippen LogP contribution in [-0.2, 0) is 0 Å². The minimum atomic E-state index is 0.612. The smallest absolute Gasteiger partial charge is 0.164 e. The fourth-order valence-electron chi connectivity index (χ4n) is 6.03. The van der Waals surface area contributed by atoms with Crippen molar-refractivity contribution < 1.29 is 0 Å². The van der Waals surface area contributed by atoms with E-state index in [1.54, 1.807) is 22.7 Å². The zero-order valence-corrected chi connectivity index (χ0v) is 25.0. The van der Waals surface area contributed by atoms with E-state index in [4.69, 9.17) is 26.6 Å². The first-order valence-corrected chi connectivity index (χ1v) is 16.0. The number of hydrogen-bond acceptors (Lipinski definition) is 5. The monoisotopic (exact) mass is 605 g/mol. The highest BCUT2D eigenvalue weighted by Gasteiger charge is 2.19. The van der Waals surface area contributed by atoms with E-state index in [9.17, 15) is 0 Å². The maximum Gasteiger partial charge on any atom is 0.164 e. The number of thiophene rings is 2. The molecule has 3 nitrogen and oxygen atoms in total. The third-order valence-corrected chi connectivity index (χ3v) is 10.5. The van der Waals surface area contributed by atoms with Gasteiger partial charge in [0.25, 0.3) is 0 Å². The molecule has 0 aliphatic heterocycles. The van der Waals surface area contributed by atoms with Gasteiger partial charge < -0.3 is 0 Å². The Labute approximate surface area is 259 Å². The summed E-state index contributed by atoms with van der Waals surface area (Å²) in [7, 11) is 0. The second kappa shape index (κ2) is 9.68. The minimum absolute atomic E-state index is 0.612. The summed E-state index contributed by atoms with van der Waals surface area (Å²) >= 11 is 10.3. The fraction of sp³-hybridized carbons (Fsp3) is 0. The molecular weight excluding hydrogens is 586 g/mol. The standard InChI is InChI=1S/C37H20ClN3S2/c38-23-19-29(34-28-12-4-6-15-31(28)43-33(34)20-23)37-40-35(22-16-17-26-25-11-3-5-14-30(25)42-32(26)18-22)39-36(41-37)27-13-7-9-21-8-1-2-10-24(21)27/h1-20H. The predicted molar refractivity (Wildman–Crippen MR) is 184 cm³/mol. The van der Waals surface area contributed by atoms with Gasteiger partial charge >= 0.3 is 0 Å². The van der Waals surface area contributed by atoms with Gasteiger partial charge in [-0.25, -0.2) is 15.0 Å². The molecule has 0 atom stereocenters. The first-order valence-electron chi connectivity index (χ1n) is 14.0. The van der Waals surface area contributed by atoms with Crippen molar-refractivity contribution in [3.63, 3.8) is 0 Å². The number of aromatic nitrogens is 3. The Hall–Kier alpha value is -4.68. The van der Waals surface area contributed by atoms with Gasteiger partial charge in [0.1, 0.15) is 0 Å². The van der Waals surface area contributed by atoms with Crippen LogP contribution in [0.5, 0.6) is 0 Å². The molecule has 6 heteroatoms. The topological polar surface area (TPSA) is 38.7 Å². The Morgan fingerprint density at radius 1 is 0.442 bits per heavy atom. The molecule has 0 unspecified atom stereocenters. The van der Waals surface area contributed by atoms with Gasteiger partial charge in [-0.2, -0.15) is 0 Å². The molecule has 6 aromatic carbocycles. The Kier molecular flexibility index (Phi) is 5.60. The van der Waals surface area contributed by atoms with Gasteiger partial charge in [-0.3, -0.25) is 0 Å². The average molecular weight is 606 g/mol. The SMILES string of the molecule is Clc1cc(-c2nc(-c3ccc4c(c3)sc3ccccc34)nc(-c3cccc4ccccc34)n2)c2c(c1)sc1ccccc12. The lowest BCUT2D eigenvalue weighted by atomic mass is 10.0. The first-order chi connectivity index (χ1) is 21.2. The molecular formula is C37H20ClN3S2. The van der Waals surface area contributed by atoms with E-state index in [0.717, 1.165) is 37.5 Å². The van der Waals surface area contributed by atoms with Crippen molar-refractivity contribution in [1.82, 2.24) is 15.0 Å². The third kappa shape index (κ3) is 4.04. The summed E-state index contributed by atoms with van der Waals surface area (Å²) in [5.74, 6) is 1.89. The molecule has 0 aliphatic rings. The van der Waals surface area contributed by atoms with E-state index in [2.05, 4.69) is 109 Å². The number of hydrogen-bond donors (Lipinski definition) is 0. The second-order valence-corrected chi connectivity index (χ2v) is 13.2. The van der Waals surface area contributed by atoms with E-state index in [1.807, 2.05) is 12.1 Å². The van der Waals surface area contributed by atoms with Crippen molar-refractivity contribution in [1.29, 1.82) is 0 Å². The number of fused-ring (bicyclic) bond motifs is 7. The molecule has 202 valence electrons. The Morgan fingerprint density at radius 3 is 1.93 bits per heavy atom. The summed E-state index contributed by atoms with van der Waals surface area (Å²) < 4.78 is 4.80. The highest BCUT2D eigenvalue weighted by atomic mass is 35.5. The Morgan fingerprint density at radius 2 is 1.07 bits per heavy atom. The molecule has 3 heterocycles. The number of rotatable bonds is 3. The molecule has 43 heavy (non-hydrogen) atoms. The van der Waals surface area contributed by atoms with Gasteiger partial charge in [-0.1, -0.05) is 103 Å². The van der Waals surface area contributed by atoms with Crippen molar-refractivity contribution in [2.24, 2.45) is 0 Å². The molecule has 0 spiro atoms. The van der Waals surface area contributed by atoms with Crippen LogP contribution in [0.2, 0.25) is 5.02 Å². The molecule has 0 aliphatic carbocycles. The van der Waals surface area contributed by atoms with E-state index in [1.165, 1.54) is 30.3 Å². The van der Waals surface area contributed by atoms with Crippen LogP contribution < -0.4 is 0 Å². The van der Waals surface area contributed by atoms with E-state index in [-0.39, 0.29) is 0 Å². The lowest BCUT2D eigenvalue weighted by molar-refractivity contribution is 1.08. The molecule has 9 aromatic rings. The molecule has 0 N–H and O–H groups in total. The van der Waals surface area contributed by atoms with Crippen LogP contribution in [0, 0.1) is 0 Å². The molecule has 0 radical (unpaired) electrons. The summed E-state index contributed by atoms with van der Waals surface area (Å²) in [6.45, 7) is 0. The number of benzene rings is 6. The molecule has 0 saturated heterocycles. The number of halogens is 1. The van der Waals surface area contributed by atoms with E-state index < -0.39 is 0 Å². The van der Waals surface area contributed by atoms with Crippen molar-refractivity contribution in [2.45, 2.75) is 0 Å². The van der Waals surface area contributed by atoms with Crippen molar-refractivity contribution in [2.75, 3.05) is 0 Å². The molecule has 0 amide bonds. The summed E-state index contributed by atoms with van der Waals surface area (Å²) in [6.07, 6.45) is 0. The molecule has 3 aromatic heterocycles. The van der Waals surface area contributed by atoms with Gasteiger partial charge in [0.15, 0.2) is 17.5 Å². The summed E-state index contributed by atoms with van der Waals surface area (Å²) in [4.78, 5) is 15.4. The average Bonchev–Trinajstić information content (AvgIpc) is 3.61. The van der Waals surface area contributed by atoms with Crippen molar-refractivity contribution >= 4 is 85.4 Å². The maximum absolute atomic E-state index is 6.73. The quantitative estimate of drug-likeness (QED) is 0.201. The van der Waals surface area contributed by atoms with Crippen LogP contribution in [0.15, 0.2) is 121 Å². The van der Waals surface area contributed by atoms with Crippen LogP contribution in [0.1, 0.15) is 0 Å². The summed E-state index contributed by atoms with van der Waals surface area (Å²) in [6, 6.07) is 42.2. The molecule has 0 bridgehead atoms. The summed E-state index contributed by atoms with van der Waals surface area (Å²) in [5.41, 5.74) is 2.84. The highest BCUT2D eigenvalue weighted by molar-refractivity contribution is 7.26. The predicted octanol–water partition coefficient (Wildman–Crippen LogP) is 11.4. The van der Waals surface area contributed by atoms with Gasteiger partial charge in [0.2, 0.25) is 0 Å². The van der Waals surface area contributed by atoms with Gasteiger partial charge in [0, 0.05) is 62.1 Å². The zero-order chi connectivity index (χ0) is 28.5. The minimum Gasteiger partial charge on any atom is -0.208 e. The van der Waals surface area contributed by atoms with Crippen molar-refractivity contribution in [3.8, 4) is 34.2 Å². The van der Waals surface area contributed by atoms with Gasteiger partial charge in [-0.15, -0.1) is 22.7 Å². The Bertz CT molecular complexity index is 2540. The fourth-order valence-corrected chi connectivity index (χ4v) is 8.63. The Balaban J connectivity index is 1.34. The number of nitrogens with zero attached hydrogens (tertiary/aromatic N) is 3. The second-order valence-electron chi connectivity index (χ2n) is 10.6. The van der Waals surface area contributed by atoms with E-state index >= 15 is 0 Å². The maximum atomic E-state index is 6.73. The lowest BCUT2D eigenvalue weighted by Crippen LogP contribution is -2.01. The van der Waals surface area contributed by atoms with Gasteiger partial charge in [0.05, 0.1) is 0 Å². The lowest BCUT2D eigenvalue weighted by Gasteiger charge is -2.11. The van der Waals surface area contributed by atoms with Crippen LogP contribution in [0.3, 0.4) is 0 Å². The van der Waals surface area contributed by atoms with Crippen LogP contribution in [0.25, 0.3) is 85.3 Å². The van der Waals surface area contributed by atoms with E-state index in [0.29, 0.717) is 22.5 Å². The molecule has 0 fully saturated rings. The molecule has 9 rings (SSSR count). The first kappa shape index (κ1) is 24.9. The normalized spacial score (nSPS) is 11.8. The van der Waals surface area contributed by atoms with Crippen LogP contribution >= 0.6 is 34.3 Å². The largest absolute Gasteiger partial charge is 0.208 e.